The lowest BCUT2D eigenvalue weighted by Crippen LogP contribution is -2.49. The molecule has 4 nitrogen and oxygen atoms in total. The molecule has 0 aromatic carbocycles. The van der Waals surface area contributed by atoms with Gasteiger partial charge < -0.3 is 5.73 Å². The second-order valence-electron chi connectivity index (χ2n) is 3.55. The molecule has 0 saturated carbocycles. The lowest BCUT2D eigenvalue weighted by molar-refractivity contribution is 0.454. The van der Waals surface area contributed by atoms with Crippen molar-refractivity contribution >= 4 is 22.4 Å². The van der Waals surface area contributed by atoms with Crippen LogP contribution in [0.5, 0.6) is 0 Å². The van der Waals surface area contributed by atoms with E-state index in [4.69, 9.17) is 5.73 Å². The van der Waals surface area contributed by atoms with Gasteiger partial charge in [-0.05, 0) is 20.3 Å². The van der Waals surface area contributed by atoms with Crippen molar-refractivity contribution in [2.24, 2.45) is 5.73 Å². The molecule has 0 rings (SSSR count). The van der Waals surface area contributed by atoms with Crippen LogP contribution in [0.1, 0.15) is 20.3 Å². The van der Waals surface area contributed by atoms with Gasteiger partial charge in [0.1, 0.15) is 0 Å². The number of sulfonamides is 1. The molecule has 0 aliphatic carbocycles. The Kier molecular flexibility index (Phi) is 7.73. The fraction of sp³-hybridized carbons (Fsp3) is 1.00. The summed E-state index contributed by atoms with van der Waals surface area (Å²) >= 11 is 0. The number of nitrogens with one attached hydrogen (secondary N) is 1. The van der Waals surface area contributed by atoms with Crippen LogP contribution in [0, 0.1) is 0 Å². The zero-order valence-electron chi connectivity index (χ0n) is 8.42. The summed E-state index contributed by atoms with van der Waals surface area (Å²) in [7, 11) is -3.38. The topological polar surface area (TPSA) is 72.2 Å². The van der Waals surface area contributed by atoms with Gasteiger partial charge in [-0.2, -0.15) is 0 Å². The van der Waals surface area contributed by atoms with Gasteiger partial charge in [-0.25, -0.2) is 13.1 Å². The third kappa shape index (κ3) is 7.49. The number of rotatable bonds is 6. The van der Waals surface area contributed by atoms with Crippen molar-refractivity contribution in [1.82, 2.24) is 4.72 Å². The van der Waals surface area contributed by atoms with Crippen LogP contribution in [0.25, 0.3) is 0 Å². The fourth-order valence-corrected chi connectivity index (χ4v) is 2.27. The van der Waals surface area contributed by atoms with Gasteiger partial charge in [-0.3, -0.25) is 4.39 Å². The van der Waals surface area contributed by atoms with Crippen molar-refractivity contribution in [3.63, 3.8) is 0 Å². The standard InChI is InChI=1S/C7H17FN2O2S.ClH/c1-7(2,6-9)10-13(11,12)5-3-4-8;/h10H,3-6,9H2,1-2H3;1H. The molecule has 14 heavy (non-hydrogen) atoms. The van der Waals surface area contributed by atoms with Crippen molar-refractivity contribution in [3.8, 4) is 0 Å². The molecule has 0 bridgehead atoms. The summed E-state index contributed by atoms with van der Waals surface area (Å²) < 4.78 is 36.6. The highest BCUT2D eigenvalue weighted by Gasteiger charge is 2.22. The Labute approximate surface area is 90.9 Å². The zero-order valence-corrected chi connectivity index (χ0v) is 10.0. The maximum atomic E-state index is 11.7. The van der Waals surface area contributed by atoms with Crippen LogP contribution in [0.2, 0.25) is 0 Å². The van der Waals surface area contributed by atoms with Gasteiger partial charge in [0.25, 0.3) is 0 Å². The molecule has 0 saturated heterocycles. The Balaban J connectivity index is 0. The van der Waals surface area contributed by atoms with E-state index in [0.29, 0.717) is 0 Å². The van der Waals surface area contributed by atoms with E-state index in [0.717, 1.165) is 0 Å². The summed E-state index contributed by atoms with van der Waals surface area (Å²) in [6, 6.07) is 0. The Morgan fingerprint density at radius 3 is 2.29 bits per heavy atom. The van der Waals surface area contributed by atoms with Gasteiger partial charge in [0.05, 0.1) is 12.4 Å². The smallest absolute Gasteiger partial charge is 0.212 e. The maximum absolute atomic E-state index is 11.7. The lowest BCUT2D eigenvalue weighted by Gasteiger charge is -2.23. The second kappa shape index (κ2) is 6.55. The van der Waals surface area contributed by atoms with Gasteiger partial charge in [0.15, 0.2) is 0 Å². The number of hydrogen-bond donors (Lipinski definition) is 2. The van der Waals surface area contributed by atoms with E-state index in [9.17, 15) is 12.8 Å². The van der Waals surface area contributed by atoms with Crippen LogP contribution in [0.15, 0.2) is 0 Å². The maximum Gasteiger partial charge on any atom is 0.212 e. The van der Waals surface area contributed by atoms with Crippen molar-refractivity contribution in [3.05, 3.63) is 0 Å². The van der Waals surface area contributed by atoms with Gasteiger partial charge in [-0.15, -0.1) is 12.4 Å². The van der Waals surface area contributed by atoms with Crippen LogP contribution in [0.3, 0.4) is 0 Å². The molecule has 7 heteroatoms. The van der Waals surface area contributed by atoms with Gasteiger partial charge in [-0.1, -0.05) is 0 Å². The summed E-state index contributed by atoms with van der Waals surface area (Å²) in [5.74, 6) is -0.188. The molecule has 0 aromatic rings. The van der Waals surface area contributed by atoms with E-state index in [2.05, 4.69) is 4.72 Å². The predicted octanol–water partition coefficient (Wildman–Crippen LogP) is 0.425. The summed E-state index contributed by atoms with van der Waals surface area (Å²) in [5, 5.41) is 0. The third-order valence-electron chi connectivity index (χ3n) is 1.49. The lowest BCUT2D eigenvalue weighted by atomic mass is 10.1. The van der Waals surface area contributed by atoms with Crippen LogP contribution >= 0.6 is 12.4 Å². The summed E-state index contributed by atoms with van der Waals surface area (Å²) in [6.45, 7) is 2.95. The largest absolute Gasteiger partial charge is 0.329 e. The van der Waals surface area contributed by atoms with E-state index in [1.807, 2.05) is 0 Å². The fourth-order valence-electron chi connectivity index (χ4n) is 0.758. The molecule has 3 N–H and O–H groups in total. The Bertz CT molecular complexity index is 244. The van der Waals surface area contributed by atoms with Crippen LogP contribution in [-0.2, 0) is 10.0 Å². The van der Waals surface area contributed by atoms with Crippen LogP contribution < -0.4 is 10.5 Å². The molecule has 0 amide bonds. The van der Waals surface area contributed by atoms with E-state index in [1.165, 1.54) is 0 Å². The highest BCUT2D eigenvalue weighted by atomic mass is 35.5. The molecule has 0 aliphatic rings. The monoisotopic (exact) mass is 248 g/mol. The quantitative estimate of drug-likeness (QED) is 0.716. The van der Waals surface area contributed by atoms with Crippen molar-refractivity contribution in [2.75, 3.05) is 19.0 Å². The van der Waals surface area contributed by atoms with Crippen LogP contribution in [0.4, 0.5) is 4.39 Å². The summed E-state index contributed by atoms with van der Waals surface area (Å²) in [6.07, 6.45) is 0.0238. The molecule has 88 valence electrons. The molecule has 0 aliphatic heterocycles. The van der Waals surface area contributed by atoms with Crippen molar-refractivity contribution in [1.29, 1.82) is 0 Å². The first-order chi connectivity index (χ1) is 5.83. The minimum atomic E-state index is -3.38. The predicted molar refractivity (Wildman–Crippen MR) is 57.9 cm³/mol. The number of halogens is 2. The first-order valence-electron chi connectivity index (χ1n) is 4.11. The van der Waals surface area contributed by atoms with E-state index in [-0.39, 0.29) is 31.1 Å². The number of nitrogens with two attached hydrogens (primary N) is 1. The Hall–Kier alpha value is 0.0900. The first kappa shape index (κ1) is 16.5. The summed E-state index contributed by atoms with van der Waals surface area (Å²) in [4.78, 5) is 0. The SMILES string of the molecule is CC(C)(CN)NS(=O)(=O)CCCF.Cl. The normalized spacial score (nSPS) is 12.3. The minimum absolute atomic E-state index is 0. The summed E-state index contributed by atoms with van der Waals surface area (Å²) in [5.41, 5.74) is 4.68. The van der Waals surface area contributed by atoms with E-state index < -0.39 is 22.2 Å². The molecule has 0 radical (unpaired) electrons. The highest BCUT2D eigenvalue weighted by Crippen LogP contribution is 2.02. The first-order valence-corrected chi connectivity index (χ1v) is 5.76. The number of alkyl halides is 1. The van der Waals surface area contributed by atoms with Crippen LogP contribution in [-0.4, -0.2) is 32.9 Å². The molecule has 0 spiro atoms. The van der Waals surface area contributed by atoms with E-state index in [1.54, 1.807) is 13.8 Å². The van der Waals surface area contributed by atoms with E-state index >= 15 is 0 Å². The average Bonchev–Trinajstić information content (AvgIpc) is 1.99. The molecule has 0 unspecified atom stereocenters. The molecule has 0 aromatic heterocycles. The highest BCUT2D eigenvalue weighted by molar-refractivity contribution is 7.89. The second-order valence-corrected chi connectivity index (χ2v) is 5.39. The Morgan fingerprint density at radius 2 is 1.93 bits per heavy atom. The third-order valence-corrected chi connectivity index (χ3v) is 3.18. The molecule has 0 heterocycles. The Morgan fingerprint density at radius 1 is 1.43 bits per heavy atom. The van der Waals surface area contributed by atoms with Gasteiger partial charge >= 0.3 is 0 Å². The molecular formula is C7H18ClFN2O2S. The average molecular weight is 249 g/mol. The van der Waals surface area contributed by atoms with Crippen molar-refractivity contribution in [2.45, 2.75) is 25.8 Å². The molecule has 0 atom stereocenters. The number of hydrogen-bond acceptors (Lipinski definition) is 3. The molecule has 0 fully saturated rings. The zero-order chi connectivity index (χ0) is 10.5. The minimum Gasteiger partial charge on any atom is -0.329 e. The van der Waals surface area contributed by atoms with Crippen molar-refractivity contribution < 1.29 is 12.8 Å². The molecular weight excluding hydrogens is 231 g/mol. The van der Waals surface area contributed by atoms with Gasteiger partial charge in [0, 0.05) is 12.1 Å². The van der Waals surface area contributed by atoms with Gasteiger partial charge in [0.2, 0.25) is 10.0 Å².